The zero-order chi connectivity index (χ0) is 23.6. The number of methoxy groups -OCH3 is 1. The van der Waals surface area contributed by atoms with Gasteiger partial charge in [-0.05, 0) is 54.6 Å². The van der Waals surface area contributed by atoms with E-state index in [1.807, 2.05) is 42.5 Å². The van der Waals surface area contributed by atoms with Crippen molar-refractivity contribution in [1.82, 2.24) is 9.80 Å². The first-order chi connectivity index (χ1) is 16.5. The van der Waals surface area contributed by atoms with Crippen LogP contribution in [0.4, 0.5) is 0 Å². The van der Waals surface area contributed by atoms with E-state index < -0.39 is 23.3 Å². The lowest BCUT2D eigenvalue weighted by molar-refractivity contribution is -0.163. The Morgan fingerprint density at radius 3 is 2.50 bits per heavy atom. The maximum Gasteiger partial charge on any atom is 0.327 e. The number of likely N-dealkylation sites (tertiary alicyclic amines) is 1. The second-order valence-corrected chi connectivity index (χ2v) is 9.44. The summed E-state index contributed by atoms with van der Waals surface area (Å²) in [5, 5.41) is 0. The molecule has 176 valence electrons. The van der Waals surface area contributed by atoms with E-state index in [4.69, 9.17) is 14.2 Å². The van der Waals surface area contributed by atoms with E-state index >= 15 is 0 Å². The normalized spacial score (nSPS) is 29.8. The fourth-order valence-electron chi connectivity index (χ4n) is 6.45. The zero-order valence-corrected chi connectivity index (χ0v) is 19.2. The lowest BCUT2D eigenvalue weighted by Crippen LogP contribution is -2.59. The molecular formula is C26H26N2O6. The molecule has 8 nitrogen and oxygen atoms in total. The van der Waals surface area contributed by atoms with Gasteiger partial charge in [-0.25, -0.2) is 0 Å². The van der Waals surface area contributed by atoms with E-state index in [1.54, 1.807) is 0 Å². The molecule has 4 aliphatic heterocycles. The van der Waals surface area contributed by atoms with Crippen LogP contribution < -0.4 is 9.47 Å². The molecule has 0 N–H and O–H groups in total. The Kier molecular flexibility index (Phi) is 4.71. The largest absolute Gasteiger partial charge is 0.468 e. The highest BCUT2D eigenvalue weighted by atomic mass is 16.7. The van der Waals surface area contributed by atoms with Gasteiger partial charge in [-0.15, -0.1) is 0 Å². The summed E-state index contributed by atoms with van der Waals surface area (Å²) >= 11 is 0. The number of ether oxygens (including phenoxy) is 3. The molecule has 0 bridgehead atoms. The number of imide groups is 1. The van der Waals surface area contributed by atoms with Gasteiger partial charge in [0.2, 0.25) is 18.6 Å². The maximum absolute atomic E-state index is 13.3. The van der Waals surface area contributed by atoms with Gasteiger partial charge in [0.25, 0.3) is 0 Å². The van der Waals surface area contributed by atoms with Crippen LogP contribution in [0.2, 0.25) is 0 Å². The lowest BCUT2D eigenvalue weighted by Gasteiger charge is -2.44. The van der Waals surface area contributed by atoms with Crippen LogP contribution in [0.15, 0.2) is 42.5 Å². The predicted octanol–water partition coefficient (Wildman–Crippen LogP) is 2.77. The summed E-state index contributed by atoms with van der Waals surface area (Å²) < 4.78 is 16.1. The van der Waals surface area contributed by atoms with Crippen molar-refractivity contribution in [1.29, 1.82) is 0 Å². The standard InChI is InChI=1S/C26H26N2O6/c1-27-23(29)20-21(24(27)30)26(25(31)32-2)11-3-4-12-28(26)22(20)16-7-5-15(6-8-16)17-9-10-18-19(13-17)34-14-33-18/h5-10,13,20-22H,3-4,11-12,14H2,1-2H3/t20-,21-,22+,26-/m0/s1. The average Bonchev–Trinajstić information content (AvgIpc) is 3.53. The number of rotatable bonds is 3. The molecule has 0 spiro atoms. The van der Waals surface area contributed by atoms with Gasteiger partial charge >= 0.3 is 5.97 Å². The Morgan fingerprint density at radius 2 is 1.74 bits per heavy atom. The number of hydrogen-bond donors (Lipinski definition) is 0. The molecule has 8 heteroatoms. The van der Waals surface area contributed by atoms with Crippen molar-refractivity contribution in [2.45, 2.75) is 30.8 Å². The minimum Gasteiger partial charge on any atom is -0.468 e. The Morgan fingerprint density at radius 1 is 1.00 bits per heavy atom. The van der Waals surface area contributed by atoms with Crippen molar-refractivity contribution < 1.29 is 28.6 Å². The van der Waals surface area contributed by atoms with Crippen molar-refractivity contribution in [3.8, 4) is 22.6 Å². The quantitative estimate of drug-likeness (QED) is 0.512. The van der Waals surface area contributed by atoms with Gasteiger partial charge in [-0.3, -0.25) is 24.2 Å². The average molecular weight is 463 g/mol. The van der Waals surface area contributed by atoms with Crippen LogP contribution in [0, 0.1) is 11.8 Å². The molecule has 0 unspecified atom stereocenters. The molecule has 2 amide bonds. The van der Waals surface area contributed by atoms with Gasteiger partial charge in [-0.2, -0.15) is 0 Å². The van der Waals surface area contributed by atoms with Crippen LogP contribution in [0.3, 0.4) is 0 Å². The third-order valence-corrected chi connectivity index (χ3v) is 7.98. The third kappa shape index (κ3) is 2.72. The Balaban J connectivity index is 1.42. The van der Waals surface area contributed by atoms with Gasteiger partial charge in [0.15, 0.2) is 11.5 Å². The van der Waals surface area contributed by atoms with E-state index in [1.165, 1.54) is 19.1 Å². The highest BCUT2D eigenvalue weighted by Gasteiger charge is 2.72. The van der Waals surface area contributed by atoms with Gasteiger partial charge in [-0.1, -0.05) is 30.3 Å². The van der Waals surface area contributed by atoms with Crippen molar-refractivity contribution in [3.63, 3.8) is 0 Å². The van der Waals surface area contributed by atoms with E-state index in [0.29, 0.717) is 13.0 Å². The number of piperidine rings is 1. The first kappa shape index (κ1) is 21.2. The van der Waals surface area contributed by atoms with Crippen LogP contribution in [-0.4, -0.2) is 60.6 Å². The fraction of sp³-hybridized carbons (Fsp3) is 0.423. The molecule has 3 saturated heterocycles. The second kappa shape index (κ2) is 7.56. The molecule has 0 aromatic heterocycles. The van der Waals surface area contributed by atoms with Crippen molar-refractivity contribution in [3.05, 3.63) is 48.0 Å². The minimum atomic E-state index is -1.10. The van der Waals surface area contributed by atoms with Gasteiger partial charge in [0.05, 0.1) is 18.9 Å². The van der Waals surface area contributed by atoms with E-state index in [0.717, 1.165) is 41.0 Å². The molecule has 4 atom stereocenters. The van der Waals surface area contributed by atoms with Crippen LogP contribution in [0.1, 0.15) is 30.9 Å². The van der Waals surface area contributed by atoms with Crippen molar-refractivity contribution in [2.75, 3.05) is 27.5 Å². The molecule has 6 rings (SSSR count). The fourth-order valence-corrected chi connectivity index (χ4v) is 6.45. The molecule has 0 aliphatic carbocycles. The number of fused-ring (bicyclic) bond motifs is 4. The number of nitrogens with zero attached hydrogens (tertiary/aromatic N) is 2. The Hall–Kier alpha value is -3.39. The number of esters is 1. The van der Waals surface area contributed by atoms with Crippen molar-refractivity contribution >= 4 is 17.8 Å². The van der Waals surface area contributed by atoms with Gasteiger partial charge in [0, 0.05) is 13.1 Å². The second-order valence-electron chi connectivity index (χ2n) is 9.44. The summed E-state index contributed by atoms with van der Waals surface area (Å²) in [5.41, 5.74) is 1.81. The lowest BCUT2D eigenvalue weighted by atomic mass is 9.75. The third-order valence-electron chi connectivity index (χ3n) is 7.98. The summed E-state index contributed by atoms with van der Waals surface area (Å²) in [5.74, 6) is -0.811. The van der Waals surface area contributed by atoms with Gasteiger partial charge < -0.3 is 14.2 Å². The summed E-state index contributed by atoms with van der Waals surface area (Å²) in [4.78, 5) is 43.0. The smallest absolute Gasteiger partial charge is 0.327 e. The van der Waals surface area contributed by atoms with Crippen LogP contribution in [0.25, 0.3) is 11.1 Å². The summed E-state index contributed by atoms with van der Waals surface area (Å²) in [6, 6.07) is 13.5. The topological polar surface area (TPSA) is 85.4 Å². The molecule has 4 aliphatic rings. The van der Waals surface area contributed by atoms with E-state index in [-0.39, 0.29) is 24.6 Å². The highest BCUT2D eigenvalue weighted by molar-refractivity contribution is 6.09. The minimum absolute atomic E-state index is 0.223. The molecule has 3 fully saturated rings. The number of carbonyl (C=O) groups is 3. The molecular weight excluding hydrogens is 436 g/mol. The highest BCUT2D eigenvalue weighted by Crippen LogP contribution is 2.58. The summed E-state index contributed by atoms with van der Waals surface area (Å²) in [6.45, 7) is 0.863. The number of benzene rings is 2. The molecule has 2 aromatic carbocycles. The molecule has 2 aromatic rings. The summed E-state index contributed by atoms with van der Waals surface area (Å²) in [6.07, 6.45) is 2.23. The predicted molar refractivity (Wildman–Crippen MR) is 121 cm³/mol. The zero-order valence-electron chi connectivity index (χ0n) is 19.2. The molecule has 0 saturated carbocycles. The van der Waals surface area contributed by atoms with Crippen LogP contribution in [0.5, 0.6) is 11.5 Å². The Labute approximate surface area is 197 Å². The van der Waals surface area contributed by atoms with E-state index in [2.05, 4.69) is 4.90 Å². The number of amides is 2. The molecule has 0 radical (unpaired) electrons. The first-order valence-electron chi connectivity index (χ1n) is 11.6. The Bertz CT molecular complexity index is 1190. The van der Waals surface area contributed by atoms with E-state index in [9.17, 15) is 14.4 Å². The van der Waals surface area contributed by atoms with Crippen LogP contribution in [-0.2, 0) is 19.1 Å². The number of hydrogen-bond acceptors (Lipinski definition) is 7. The van der Waals surface area contributed by atoms with Gasteiger partial charge in [0.1, 0.15) is 5.54 Å². The monoisotopic (exact) mass is 462 g/mol. The first-order valence-corrected chi connectivity index (χ1v) is 11.6. The SMILES string of the molecule is COC(=O)[C@@]12CCCCN1[C@H](c1ccc(-c3ccc4c(c3)OCO4)cc1)[C@H]1C(=O)N(C)C(=O)[C@H]12. The summed E-state index contributed by atoms with van der Waals surface area (Å²) in [7, 11) is 2.87. The molecule has 4 heterocycles. The van der Waals surface area contributed by atoms with Crippen molar-refractivity contribution in [2.24, 2.45) is 11.8 Å². The maximum atomic E-state index is 13.3. The molecule has 34 heavy (non-hydrogen) atoms. The number of carbonyl (C=O) groups excluding carboxylic acids is 3. The van der Waals surface area contributed by atoms with Crippen LogP contribution >= 0.6 is 0 Å².